The summed E-state index contributed by atoms with van der Waals surface area (Å²) in [5.74, 6) is 0.922. The summed E-state index contributed by atoms with van der Waals surface area (Å²) in [5, 5.41) is 10.8. The van der Waals surface area contributed by atoms with Crippen molar-refractivity contribution >= 4 is 0 Å². The summed E-state index contributed by atoms with van der Waals surface area (Å²) < 4.78 is 5.68. The Balaban J connectivity index is 1.96. The van der Waals surface area contributed by atoms with Gasteiger partial charge in [0.2, 0.25) is 0 Å². The van der Waals surface area contributed by atoms with Crippen molar-refractivity contribution in [3.8, 4) is 5.75 Å². The second-order valence-electron chi connectivity index (χ2n) is 5.26. The molecule has 0 bridgehead atoms. The van der Waals surface area contributed by atoms with Gasteiger partial charge in [0.25, 0.3) is 0 Å². The van der Waals surface area contributed by atoms with Crippen molar-refractivity contribution in [3.63, 3.8) is 0 Å². The minimum absolute atomic E-state index is 0.243. The first kappa shape index (κ1) is 11.1. The van der Waals surface area contributed by atoms with Gasteiger partial charge in [-0.1, -0.05) is 18.2 Å². The molecule has 1 aliphatic heterocycles. The van der Waals surface area contributed by atoms with Crippen LogP contribution >= 0.6 is 0 Å². The molecular formula is C14H19NO2. The van der Waals surface area contributed by atoms with Gasteiger partial charge >= 0.3 is 0 Å². The van der Waals surface area contributed by atoms with Crippen LogP contribution in [-0.2, 0) is 12.0 Å². The zero-order valence-corrected chi connectivity index (χ0v) is 9.98. The summed E-state index contributed by atoms with van der Waals surface area (Å²) in [6.07, 6.45) is 4.22. The number of hydrogen-bond acceptors (Lipinski definition) is 3. The number of fused-ring (bicyclic) bond motifs is 1. The fourth-order valence-electron chi connectivity index (χ4n) is 2.97. The third kappa shape index (κ3) is 1.83. The van der Waals surface area contributed by atoms with E-state index >= 15 is 0 Å². The lowest BCUT2D eigenvalue weighted by molar-refractivity contribution is -0.00686. The van der Waals surface area contributed by atoms with Gasteiger partial charge in [-0.3, -0.25) is 0 Å². The van der Waals surface area contributed by atoms with E-state index in [0.29, 0.717) is 0 Å². The number of rotatable bonds is 1. The van der Waals surface area contributed by atoms with Gasteiger partial charge in [0.1, 0.15) is 5.75 Å². The van der Waals surface area contributed by atoms with E-state index in [-0.39, 0.29) is 6.04 Å². The average Bonchev–Trinajstić information content (AvgIpc) is 2.81. The molecule has 92 valence electrons. The molecule has 2 aliphatic rings. The van der Waals surface area contributed by atoms with Crippen LogP contribution in [0.5, 0.6) is 5.75 Å². The highest BCUT2D eigenvalue weighted by molar-refractivity contribution is 5.47. The van der Waals surface area contributed by atoms with Gasteiger partial charge in [-0.25, -0.2) is 0 Å². The van der Waals surface area contributed by atoms with Crippen LogP contribution in [-0.4, -0.2) is 17.8 Å². The van der Waals surface area contributed by atoms with Crippen molar-refractivity contribution in [1.82, 2.24) is 0 Å². The third-order valence-corrected chi connectivity index (χ3v) is 4.07. The van der Waals surface area contributed by atoms with Gasteiger partial charge in [-0.2, -0.15) is 0 Å². The van der Waals surface area contributed by atoms with Crippen molar-refractivity contribution in [2.45, 2.75) is 43.7 Å². The number of nitrogens with two attached hydrogens (primary N) is 1. The van der Waals surface area contributed by atoms with E-state index in [0.717, 1.165) is 50.0 Å². The van der Waals surface area contributed by atoms with Crippen molar-refractivity contribution in [1.29, 1.82) is 0 Å². The predicted molar refractivity (Wildman–Crippen MR) is 66.0 cm³/mol. The quantitative estimate of drug-likeness (QED) is 0.776. The molecule has 1 aliphatic carbocycles. The van der Waals surface area contributed by atoms with Crippen molar-refractivity contribution in [3.05, 3.63) is 29.3 Å². The smallest absolute Gasteiger partial charge is 0.128 e. The summed E-state index contributed by atoms with van der Waals surface area (Å²) >= 11 is 0. The highest BCUT2D eigenvalue weighted by atomic mass is 16.5. The minimum Gasteiger partial charge on any atom is -0.493 e. The minimum atomic E-state index is -0.731. The SMILES string of the molecule is NC1CCC(O)(c2cccc3c2OCC3)CC1. The van der Waals surface area contributed by atoms with E-state index in [1.165, 1.54) is 5.56 Å². The first-order valence-corrected chi connectivity index (χ1v) is 6.42. The molecule has 3 nitrogen and oxygen atoms in total. The molecule has 3 heteroatoms. The van der Waals surface area contributed by atoms with E-state index in [1.807, 2.05) is 12.1 Å². The van der Waals surface area contributed by atoms with Crippen LogP contribution in [0.2, 0.25) is 0 Å². The standard InChI is InChI=1S/C14H19NO2/c15-11-4-7-14(16,8-5-11)12-3-1-2-10-6-9-17-13(10)12/h1-3,11,16H,4-9,15H2. The van der Waals surface area contributed by atoms with Gasteiger partial charge in [-0.15, -0.1) is 0 Å². The summed E-state index contributed by atoms with van der Waals surface area (Å²) in [4.78, 5) is 0. The molecule has 3 N–H and O–H groups in total. The van der Waals surface area contributed by atoms with E-state index in [2.05, 4.69) is 6.07 Å². The van der Waals surface area contributed by atoms with Gasteiger partial charge < -0.3 is 15.6 Å². The average molecular weight is 233 g/mol. The Bertz CT molecular complexity index is 422. The Hall–Kier alpha value is -1.06. The number of para-hydroxylation sites is 1. The van der Waals surface area contributed by atoms with E-state index in [9.17, 15) is 5.11 Å². The Morgan fingerprint density at radius 1 is 1.29 bits per heavy atom. The largest absolute Gasteiger partial charge is 0.493 e. The molecule has 1 fully saturated rings. The highest BCUT2D eigenvalue weighted by Crippen LogP contribution is 2.43. The first-order chi connectivity index (χ1) is 8.19. The summed E-state index contributed by atoms with van der Waals surface area (Å²) in [6, 6.07) is 6.35. The second kappa shape index (κ2) is 4.00. The molecule has 0 saturated heterocycles. The molecule has 3 rings (SSSR count). The normalized spacial score (nSPS) is 32.0. The van der Waals surface area contributed by atoms with E-state index in [1.54, 1.807) is 0 Å². The summed E-state index contributed by atoms with van der Waals surface area (Å²) in [6.45, 7) is 0.738. The first-order valence-electron chi connectivity index (χ1n) is 6.42. The molecule has 0 amide bonds. The maximum absolute atomic E-state index is 10.8. The highest BCUT2D eigenvalue weighted by Gasteiger charge is 2.37. The van der Waals surface area contributed by atoms with Crippen LogP contribution in [0.4, 0.5) is 0 Å². The van der Waals surface area contributed by atoms with Crippen molar-refractivity contribution < 1.29 is 9.84 Å². The second-order valence-corrected chi connectivity index (χ2v) is 5.26. The maximum atomic E-state index is 10.8. The molecule has 0 spiro atoms. The van der Waals surface area contributed by atoms with Crippen LogP contribution in [0.1, 0.15) is 36.8 Å². The lowest BCUT2D eigenvalue weighted by atomic mass is 9.77. The summed E-state index contributed by atoms with van der Waals surface area (Å²) in [7, 11) is 0. The topological polar surface area (TPSA) is 55.5 Å². The van der Waals surface area contributed by atoms with Crippen molar-refractivity contribution in [2.24, 2.45) is 5.73 Å². The van der Waals surface area contributed by atoms with Gasteiger partial charge in [0, 0.05) is 18.0 Å². The predicted octanol–water partition coefficient (Wildman–Crippen LogP) is 1.71. The molecule has 17 heavy (non-hydrogen) atoms. The third-order valence-electron chi connectivity index (χ3n) is 4.07. The molecule has 0 radical (unpaired) electrons. The van der Waals surface area contributed by atoms with Gasteiger partial charge in [0.15, 0.2) is 0 Å². The Morgan fingerprint density at radius 3 is 2.82 bits per heavy atom. The number of hydrogen-bond donors (Lipinski definition) is 2. The van der Waals surface area contributed by atoms with E-state index in [4.69, 9.17) is 10.5 Å². The number of aliphatic hydroxyl groups is 1. The van der Waals surface area contributed by atoms with Crippen LogP contribution in [0.25, 0.3) is 0 Å². The van der Waals surface area contributed by atoms with Crippen LogP contribution in [0.15, 0.2) is 18.2 Å². The van der Waals surface area contributed by atoms with Gasteiger partial charge in [0.05, 0.1) is 12.2 Å². The monoisotopic (exact) mass is 233 g/mol. The zero-order valence-electron chi connectivity index (χ0n) is 9.98. The Morgan fingerprint density at radius 2 is 2.06 bits per heavy atom. The Kier molecular flexibility index (Phi) is 2.60. The Labute approximate surface area is 102 Å². The molecule has 0 atom stereocenters. The number of benzene rings is 1. The fourth-order valence-corrected chi connectivity index (χ4v) is 2.97. The molecular weight excluding hydrogens is 214 g/mol. The molecule has 1 aromatic rings. The molecule has 1 aromatic carbocycles. The number of ether oxygens (including phenoxy) is 1. The fraction of sp³-hybridized carbons (Fsp3) is 0.571. The molecule has 1 saturated carbocycles. The lowest BCUT2D eigenvalue weighted by Crippen LogP contribution is -2.37. The zero-order chi connectivity index (χ0) is 11.9. The van der Waals surface area contributed by atoms with Crippen LogP contribution < -0.4 is 10.5 Å². The maximum Gasteiger partial charge on any atom is 0.128 e. The van der Waals surface area contributed by atoms with Crippen LogP contribution in [0, 0.1) is 0 Å². The lowest BCUT2D eigenvalue weighted by Gasteiger charge is -2.35. The van der Waals surface area contributed by atoms with Crippen LogP contribution in [0.3, 0.4) is 0 Å². The van der Waals surface area contributed by atoms with Gasteiger partial charge in [-0.05, 0) is 31.2 Å². The molecule has 0 aromatic heterocycles. The molecule has 1 heterocycles. The van der Waals surface area contributed by atoms with E-state index < -0.39 is 5.60 Å². The van der Waals surface area contributed by atoms with Crippen molar-refractivity contribution in [2.75, 3.05) is 6.61 Å². The summed E-state index contributed by atoms with van der Waals surface area (Å²) in [5.41, 5.74) is 7.37. The molecule has 0 unspecified atom stereocenters.